The first-order valence-corrected chi connectivity index (χ1v) is 31.0. The molecule has 21 rings (SSSR count). The first kappa shape index (κ1) is 66.6. The maximum Gasteiger partial charge on any atom is 0.187 e. The van der Waals surface area contributed by atoms with Crippen LogP contribution in [0.1, 0.15) is 0 Å². The van der Waals surface area contributed by atoms with Crippen LogP contribution in [0.5, 0.6) is 0 Å². The molecule has 21 saturated heterocycles. The highest BCUT2D eigenvalue weighted by molar-refractivity contribution is 15.0. The summed E-state index contributed by atoms with van der Waals surface area (Å²) in [5.74, 6) is 0. The SMILES string of the molecule is II.OC[C@H]1O[C@@H]2O[C@H]3[C@H](O)[C@@H](O)[C@@H](O[C@H]4[C@H](O)[C@@H](O)[C@@H](O[C@H]5[C@H](O)[C@@H](O)[C@@H](O[C@H]6[C@H](O)[C@@H](O)[C@@H](O[C@H]7[C@H](O)[C@@H](O)[C@@H](O[C@H]8[C@H](O)[C@@H](O)[C@@H](O[C@H]1[C@H](O)[C@H]2O)O[C@@H]8CO)O[C@@H]7CO)O[C@@H]6CO)O[C@@H]5CO)O[C@@H]4CO)O[C@@H]3CO. The van der Waals surface area contributed by atoms with Crippen molar-refractivity contribution in [3.63, 3.8) is 0 Å². The van der Waals surface area contributed by atoms with E-state index in [0.717, 1.165) is 0 Å². The van der Waals surface area contributed by atoms with Crippen LogP contribution < -0.4 is 0 Å². The van der Waals surface area contributed by atoms with Gasteiger partial charge in [0.05, 0.1) is 46.2 Å². The Kier molecular flexibility index (Phi) is 24.6. The van der Waals surface area contributed by atoms with Gasteiger partial charge in [0, 0.05) is 37.2 Å². The van der Waals surface area contributed by atoms with Crippen molar-refractivity contribution >= 4 is 37.2 Å². The van der Waals surface area contributed by atoms with Crippen LogP contribution in [-0.4, -0.2) is 368 Å². The van der Waals surface area contributed by atoms with E-state index in [9.17, 15) is 107 Å². The molecule has 14 bridgehead atoms. The molecule has 0 unspecified atom stereocenters. The minimum Gasteiger partial charge on any atom is -0.394 e. The van der Waals surface area contributed by atoms with Crippen LogP contribution >= 0.6 is 37.2 Å². The summed E-state index contributed by atoms with van der Waals surface area (Å²) >= 11 is 4.24. The molecule has 21 heterocycles. The number of ether oxygens (including phenoxy) is 14. The van der Waals surface area contributed by atoms with Crippen LogP contribution in [0, 0.1) is 0 Å². The van der Waals surface area contributed by atoms with E-state index in [1.54, 1.807) is 0 Å². The second-order valence-electron chi connectivity index (χ2n) is 19.7. The third-order valence-corrected chi connectivity index (χ3v) is 14.8. The summed E-state index contributed by atoms with van der Waals surface area (Å²) in [7, 11) is 0. The molecule has 0 saturated carbocycles. The standard InChI is InChI=1S/C42H70O35.I2/c43-1-8-29-15(50)22(57)36(64-8)72-30-9(2-44)66-38(24(59)17(30)52)74-32-11(4-46)68-40(26(61)19(32)54)76-34-13(6-48)70-42(28(63)21(34)56)77-35-14(7-49)69-41(27(62)20(35)55)75-33-12(5-47)67-39(25(60)18(33)53)73-31-10(3-45)65-37(71-29)23(58)16(31)51;1-2/h8-63H,1-7H2;/t8-,9-,10-,11-,12-,13-,14-,15-,16-,17-,18-,19-,20-,21-,22-,23-,24-,25-,26-,27-,28-,29-,30-,31-,32-,33-,34-,35-,36-,37-,38-,39-,40-,41-,42-;/m1./s1. The van der Waals surface area contributed by atoms with E-state index in [-0.39, 0.29) is 0 Å². The zero-order valence-corrected chi connectivity index (χ0v) is 45.3. The van der Waals surface area contributed by atoms with Gasteiger partial charge in [-0.2, -0.15) is 0 Å². The normalized spacial score (nSPS) is 54.0. The fourth-order valence-corrected chi connectivity index (χ4v) is 10.4. The van der Waals surface area contributed by atoms with Gasteiger partial charge in [0.15, 0.2) is 44.0 Å². The third-order valence-electron chi connectivity index (χ3n) is 14.8. The lowest BCUT2D eigenvalue weighted by atomic mass is 9.95. The van der Waals surface area contributed by atoms with E-state index < -0.39 is 261 Å². The van der Waals surface area contributed by atoms with E-state index in [1.165, 1.54) is 0 Å². The summed E-state index contributed by atoms with van der Waals surface area (Å²) in [5, 5.41) is 230. The van der Waals surface area contributed by atoms with Gasteiger partial charge in [-0.25, -0.2) is 0 Å². The van der Waals surface area contributed by atoms with Crippen molar-refractivity contribution in [2.24, 2.45) is 0 Å². The monoisotopic (exact) mass is 1390 g/mol. The van der Waals surface area contributed by atoms with Crippen molar-refractivity contribution in [2.75, 3.05) is 46.2 Å². The minimum atomic E-state index is -2.21. The maximum absolute atomic E-state index is 11.3. The zero-order chi connectivity index (χ0) is 58.1. The molecule has 21 aliphatic heterocycles. The van der Waals surface area contributed by atoms with Gasteiger partial charge in [-0.15, -0.1) is 0 Å². The largest absolute Gasteiger partial charge is 0.394 e. The van der Waals surface area contributed by atoms with Crippen LogP contribution in [0.4, 0.5) is 0 Å². The highest BCUT2D eigenvalue weighted by Crippen LogP contribution is 2.39. The van der Waals surface area contributed by atoms with Crippen molar-refractivity contribution in [2.45, 2.75) is 215 Å². The summed E-state index contributed by atoms with van der Waals surface area (Å²) < 4.78 is 79.5. The molecular formula is C42H70I2O35. The molecule has 35 nitrogen and oxygen atoms in total. The van der Waals surface area contributed by atoms with Crippen molar-refractivity contribution in [3.05, 3.63) is 0 Å². The Morgan fingerprint density at radius 1 is 0.177 bits per heavy atom. The lowest BCUT2D eigenvalue weighted by molar-refractivity contribution is -0.396. The molecule has 0 aromatic heterocycles. The summed E-state index contributed by atoms with van der Waals surface area (Å²) in [5.41, 5.74) is 0. The number of aliphatic hydroxyl groups is 21. The van der Waals surface area contributed by atoms with Crippen molar-refractivity contribution in [1.82, 2.24) is 0 Å². The molecule has 37 heteroatoms. The van der Waals surface area contributed by atoms with E-state index in [2.05, 4.69) is 37.2 Å². The number of aliphatic hydroxyl groups excluding tert-OH is 21. The first-order valence-electron chi connectivity index (χ1n) is 24.8. The molecule has 21 fully saturated rings. The predicted octanol–water partition coefficient (Wildman–Crippen LogP) is -13.5. The molecule has 0 spiro atoms. The average molecular weight is 1390 g/mol. The van der Waals surface area contributed by atoms with E-state index in [1.807, 2.05) is 0 Å². The van der Waals surface area contributed by atoms with Crippen LogP contribution in [0.2, 0.25) is 0 Å². The van der Waals surface area contributed by atoms with Gasteiger partial charge in [-0.1, -0.05) is 0 Å². The number of rotatable bonds is 7. The zero-order valence-electron chi connectivity index (χ0n) is 41.0. The van der Waals surface area contributed by atoms with Gasteiger partial charge in [0.2, 0.25) is 0 Å². The lowest BCUT2D eigenvalue weighted by Gasteiger charge is -2.50. The Bertz CT molecular complexity index is 1480. The van der Waals surface area contributed by atoms with Gasteiger partial charge in [-0.3, -0.25) is 0 Å². The van der Waals surface area contributed by atoms with Gasteiger partial charge in [-0.05, 0) is 0 Å². The Balaban J connectivity index is 0.00000446. The fraction of sp³-hybridized carbons (Fsp3) is 1.00. The molecule has 79 heavy (non-hydrogen) atoms. The van der Waals surface area contributed by atoms with Crippen LogP contribution in [0.15, 0.2) is 0 Å². The molecule has 0 aromatic rings. The minimum absolute atomic E-state index is 1.05. The predicted molar refractivity (Wildman–Crippen MR) is 256 cm³/mol. The summed E-state index contributed by atoms with van der Waals surface area (Å²) in [6.07, 6.45) is -70.2. The van der Waals surface area contributed by atoms with Gasteiger partial charge in [0.1, 0.15) is 171 Å². The fourth-order valence-electron chi connectivity index (χ4n) is 10.4. The number of hydrogen-bond acceptors (Lipinski definition) is 35. The molecule has 0 radical (unpaired) electrons. The number of halogens is 2. The molecule has 462 valence electrons. The van der Waals surface area contributed by atoms with Gasteiger partial charge in [0.25, 0.3) is 0 Å². The second-order valence-corrected chi connectivity index (χ2v) is 19.7. The van der Waals surface area contributed by atoms with Crippen molar-refractivity contribution < 1.29 is 174 Å². The highest BCUT2D eigenvalue weighted by atomic mass is 128. The molecule has 21 N–H and O–H groups in total. The smallest absolute Gasteiger partial charge is 0.187 e. The van der Waals surface area contributed by atoms with Gasteiger partial charge >= 0.3 is 0 Å². The Morgan fingerprint density at radius 2 is 0.278 bits per heavy atom. The van der Waals surface area contributed by atoms with Crippen molar-refractivity contribution in [1.29, 1.82) is 0 Å². The molecule has 0 aromatic carbocycles. The van der Waals surface area contributed by atoms with E-state index in [0.29, 0.717) is 0 Å². The van der Waals surface area contributed by atoms with E-state index in [4.69, 9.17) is 66.3 Å². The summed E-state index contributed by atoms with van der Waals surface area (Å²) in [6.45, 7) is -7.33. The molecule has 21 aliphatic rings. The Labute approximate surface area is 469 Å². The van der Waals surface area contributed by atoms with Crippen LogP contribution in [0.3, 0.4) is 0 Å². The average Bonchev–Trinajstić information content (AvgIpc) is 3.47. The highest BCUT2D eigenvalue weighted by Gasteiger charge is 2.59. The van der Waals surface area contributed by atoms with Crippen LogP contribution in [0.25, 0.3) is 0 Å². The summed E-state index contributed by atoms with van der Waals surface area (Å²) in [4.78, 5) is 0. The Hall–Kier alpha value is 0.0600. The van der Waals surface area contributed by atoms with Crippen LogP contribution in [-0.2, 0) is 66.3 Å². The Morgan fingerprint density at radius 3 is 0.367 bits per heavy atom. The van der Waals surface area contributed by atoms with E-state index >= 15 is 0 Å². The molecule has 0 amide bonds. The topological polar surface area (TPSA) is 554 Å². The number of hydrogen-bond donors (Lipinski definition) is 21. The second kappa shape index (κ2) is 29.2. The molecular weight excluding hydrogens is 1320 g/mol. The molecule has 35 atom stereocenters. The quantitative estimate of drug-likeness (QED) is 0.105. The van der Waals surface area contributed by atoms with Crippen molar-refractivity contribution in [3.8, 4) is 0 Å². The van der Waals surface area contributed by atoms with Gasteiger partial charge < -0.3 is 174 Å². The third kappa shape index (κ3) is 13.6. The first-order chi connectivity index (χ1) is 37.7. The lowest BCUT2D eigenvalue weighted by Crippen LogP contribution is -2.68. The molecule has 0 aliphatic carbocycles. The maximum atomic E-state index is 11.3. The summed E-state index contributed by atoms with van der Waals surface area (Å²) in [6, 6.07) is 0.